The molecule has 2 atom stereocenters. The van der Waals surface area contributed by atoms with Gasteiger partial charge in [0.25, 0.3) is 8.32 Å². The van der Waals surface area contributed by atoms with E-state index in [2.05, 4.69) is 72.1 Å². The molecule has 4 heteroatoms. The maximum Gasteiger partial charge on any atom is 0.253 e. The van der Waals surface area contributed by atoms with Gasteiger partial charge in [0.15, 0.2) is 0 Å². The van der Waals surface area contributed by atoms with E-state index in [4.69, 9.17) is 4.43 Å². The molecule has 0 aliphatic carbocycles. The van der Waals surface area contributed by atoms with Crippen molar-refractivity contribution < 1.29 is 9.22 Å². The Morgan fingerprint density at radius 2 is 1.54 bits per heavy atom. The average molecular weight is 366 g/mol. The lowest BCUT2D eigenvalue weighted by atomic mass is 9.90. The molecule has 0 spiro atoms. The lowest BCUT2D eigenvalue weighted by molar-refractivity contribution is -0.142. The van der Waals surface area contributed by atoms with Crippen molar-refractivity contribution in [3.63, 3.8) is 0 Å². The first-order valence-corrected chi connectivity index (χ1v) is 12.2. The SMILES string of the molecule is C[Si](O[C@@H]1CCCN2C(=O)CCC[C@H]12)(c1ccccc1)c1ccccc1. The normalized spacial score (nSPS) is 23.6. The number of rotatable bonds is 4. The van der Waals surface area contributed by atoms with Crippen LogP contribution in [0.1, 0.15) is 32.1 Å². The zero-order chi connectivity index (χ0) is 18.0. The maximum absolute atomic E-state index is 12.4. The van der Waals surface area contributed by atoms with Gasteiger partial charge in [-0.2, -0.15) is 0 Å². The Kier molecular flexibility index (Phi) is 4.96. The summed E-state index contributed by atoms with van der Waals surface area (Å²) in [6, 6.07) is 21.6. The van der Waals surface area contributed by atoms with Crippen LogP contribution in [0.3, 0.4) is 0 Å². The van der Waals surface area contributed by atoms with Crippen molar-refractivity contribution in [2.24, 2.45) is 0 Å². The van der Waals surface area contributed by atoms with Crippen LogP contribution >= 0.6 is 0 Å². The molecule has 0 bridgehead atoms. The number of amides is 1. The van der Waals surface area contributed by atoms with Gasteiger partial charge in [-0.05, 0) is 42.6 Å². The lowest BCUT2D eigenvalue weighted by Gasteiger charge is -2.46. The van der Waals surface area contributed by atoms with Crippen LogP contribution in [0, 0.1) is 0 Å². The van der Waals surface area contributed by atoms with Gasteiger partial charge in [-0.15, -0.1) is 0 Å². The largest absolute Gasteiger partial charge is 0.403 e. The van der Waals surface area contributed by atoms with E-state index in [1.165, 1.54) is 10.4 Å². The predicted octanol–water partition coefficient (Wildman–Crippen LogP) is 2.94. The smallest absolute Gasteiger partial charge is 0.253 e. The number of carbonyl (C=O) groups is 1. The number of benzene rings is 2. The van der Waals surface area contributed by atoms with Gasteiger partial charge in [0.1, 0.15) is 0 Å². The fourth-order valence-corrected chi connectivity index (χ4v) is 7.68. The van der Waals surface area contributed by atoms with Crippen molar-refractivity contribution in [3.8, 4) is 0 Å². The first-order valence-electron chi connectivity index (χ1n) is 9.77. The van der Waals surface area contributed by atoms with Gasteiger partial charge < -0.3 is 9.33 Å². The number of hydrogen-bond acceptors (Lipinski definition) is 2. The molecular formula is C22H27NO2Si. The maximum atomic E-state index is 12.4. The van der Waals surface area contributed by atoms with Crippen LogP contribution in [0.5, 0.6) is 0 Å². The molecule has 136 valence electrons. The van der Waals surface area contributed by atoms with E-state index in [0.29, 0.717) is 12.3 Å². The summed E-state index contributed by atoms with van der Waals surface area (Å²) in [6.45, 7) is 3.21. The van der Waals surface area contributed by atoms with Gasteiger partial charge in [0.2, 0.25) is 5.91 Å². The molecule has 2 fully saturated rings. The number of hydrogen-bond donors (Lipinski definition) is 0. The summed E-state index contributed by atoms with van der Waals surface area (Å²) in [7, 11) is -2.33. The Balaban J connectivity index is 1.68. The van der Waals surface area contributed by atoms with E-state index < -0.39 is 8.32 Å². The number of nitrogens with zero attached hydrogens (tertiary/aromatic N) is 1. The van der Waals surface area contributed by atoms with E-state index in [1.54, 1.807) is 0 Å². The molecule has 0 N–H and O–H groups in total. The molecule has 0 radical (unpaired) electrons. The zero-order valence-electron chi connectivity index (χ0n) is 15.4. The topological polar surface area (TPSA) is 29.5 Å². The fraction of sp³-hybridized carbons (Fsp3) is 0.409. The minimum absolute atomic E-state index is 0.144. The van der Waals surface area contributed by atoms with Crippen molar-refractivity contribution in [2.45, 2.75) is 50.8 Å². The summed E-state index contributed by atoms with van der Waals surface area (Å²) < 4.78 is 7.01. The molecule has 1 amide bonds. The van der Waals surface area contributed by atoms with Crippen molar-refractivity contribution in [1.29, 1.82) is 0 Å². The van der Waals surface area contributed by atoms with Crippen molar-refractivity contribution in [2.75, 3.05) is 6.54 Å². The van der Waals surface area contributed by atoms with Gasteiger partial charge in [0, 0.05) is 13.0 Å². The second-order valence-corrected chi connectivity index (χ2v) is 11.1. The van der Waals surface area contributed by atoms with Crippen LogP contribution in [0.4, 0.5) is 0 Å². The molecule has 0 unspecified atom stereocenters. The molecule has 2 saturated heterocycles. The molecule has 2 aliphatic rings. The van der Waals surface area contributed by atoms with Crippen LogP contribution < -0.4 is 10.4 Å². The summed E-state index contributed by atoms with van der Waals surface area (Å²) in [6.07, 6.45) is 5.01. The highest BCUT2D eigenvalue weighted by atomic mass is 28.4. The molecule has 3 nitrogen and oxygen atoms in total. The van der Waals surface area contributed by atoms with Crippen molar-refractivity contribution in [3.05, 3.63) is 60.7 Å². The van der Waals surface area contributed by atoms with Crippen LogP contribution in [0.2, 0.25) is 6.55 Å². The van der Waals surface area contributed by atoms with E-state index in [1.807, 2.05) is 0 Å². The Morgan fingerprint density at radius 1 is 0.923 bits per heavy atom. The third-order valence-electron chi connectivity index (χ3n) is 5.96. The monoisotopic (exact) mass is 365 g/mol. The first-order chi connectivity index (χ1) is 12.7. The Morgan fingerprint density at radius 3 is 2.15 bits per heavy atom. The average Bonchev–Trinajstić information content (AvgIpc) is 2.70. The summed E-state index contributed by atoms with van der Waals surface area (Å²) in [5.41, 5.74) is 0. The van der Waals surface area contributed by atoms with Gasteiger partial charge in [-0.3, -0.25) is 4.79 Å². The summed E-state index contributed by atoms with van der Waals surface area (Å²) in [5.74, 6) is 0.317. The van der Waals surface area contributed by atoms with Gasteiger partial charge in [0.05, 0.1) is 12.1 Å². The Labute approximate surface area is 157 Å². The van der Waals surface area contributed by atoms with E-state index in [0.717, 1.165) is 32.2 Å². The summed E-state index contributed by atoms with van der Waals surface area (Å²) in [5, 5.41) is 2.59. The molecule has 0 aromatic heterocycles. The number of carbonyl (C=O) groups excluding carboxylic acids is 1. The molecule has 26 heavy (non-hydrogen) atoms. The predicted molar refractivity (Wildman–Crippen MR) is 107 cm³/mol. The van der Waals surface area contributed by atoms with Crippen LogP contribution in [-0.4, -0.2) is 37.8 Å². The van der Waals surface area contributed by atoms with Crippen LogP contribution in [0.25, 0.3) is 0 Å². The summed E-state index contributed by atoms with van der Waals surface area (Å²) >= 11 is 0. The highest BCUT2D eigenvalue weighted by molar-refractivity contribution is 6.96. The van der Waals surface area contributed by atoms with Gasteiger partial charge in [-0.1, -0.05) is 60.7 Å². The minimum Gasteiger partial charge on any atom is -0.403 e. The second kappa shape index (κ2) is 7.37. The zero-order valence-corrected chi connectivity index (χ0v) is 16.4. The van der Waals surface area contributed by atoms with Gasteiger partial charge >= 0.3 is 0 Å². The third-order valence-corrected chi connectivity index (χ3v) is 9.61. The molecule has 0 saturated carbocycles. The fourth-order valence-electron chi connectivity index (χ4n) is 4.53. The molecule has 4 rings (SSSR count). The van der Waals surface area contributed by atoms with E-state index in [-0.39, 0.29) is 12.1 Å². The molecule has 2 aromatic carbocycles. The first kappa shape index (κ1) is 17.5. The Hall–Kier alpha value is -1.91. The minimum atomic E-state index is -2.33. The second-order valence-electron chi connectivity index (χ2n) is 7.61. The quantitative estimate of drug-likeness (QED) is 0.780. The highest BCUT2D eigenvalue weighted by Crippen LogP contribution is 2.30. The molecule has 2 aromatic rings. The molecule has 2 heterocycles. The summed E-state index contributed by atoms with van der Waals surface area (Å²) in [4.78, 5) is 14.5. The van der Waals surface area contributed by atoms with Gasteiger partial charge in [-0.25, -0.2) is 0 Å². The number of piperidine rings is 2. The molecular weight excluding hydrogens is 338 g/mol. The number of fused-ring (bicyclic) bond motifs is 1. The third kappa shape index (κ3) is 3.24. The van der Waals surface area contributed by atoms with Crippen molar-refractivity contribution >= 4 is 24.6 Å². The highest BCUT2D eigenvalue weighted by Gasteiger charge is 2.43. The van der Waals surface area contributed by atoms with Crippen LogP contribution in [-0.2, 0) is 9.22 Å². The molecule has 2 aliphatic heterocycles. The van der Waals surface area contributed by atoms with E-state index in [9.17, 15) is 4.79 Å². The van der Waals surface area contributed by atoms with E-state index >= 15 is 0 Å². The lowest BCUT2D eigenvalue weighted by Crippen LogP contribution is -2.64. The Bertz CT molecular complexity index is 710. The van der Waals surface area contributed by atoms with Crippen LogP contribution in [0.15, 0.2) is 60.7 Å². The standard InChI is InChI=1S/C22H27NO2Si/c1-26(18-10-4-2-5-11-18,19-12-6-3-7-13-19)25-21-15-9-17-23-20(21)14-8-16-22(23)24/h2-7,10-13,20-21H,8-9,14-17H2,1H3/t20-,21-/m1/s1. The van der Waals surface area contributed by atoms with Crippen molar-refractivity contribution in [1.82, 2.24) is 4.90 Å².